The fourth-order valence-corrected chi connectivity index (χ4v) is 2.20. The van der Waals surface area contributed by atoms with Crippen molar-refractivity contribution in [3.8, 4) is 0 Å². The minimum absolute atomic E-state index is 0.0702. The molecule has 1 aliphatic rings. The molecule has 2 amide bonds. The van der Waals surface area contributed by atoms with Crippen molar-refractivity contribution in [2.45, 2.75) is 12.7 Å². The second kappa shape index (κ2) is 6.94. The van der Waals surface area contributed by atoms with E-state index in [0.29, 0.717) is 0 Å². The van der Waals surface area contributed by atoms with Crippen LogP contribution in [0.5, 0.6) is 0 Å². The largest absolute Gasteiger partial charge is 0.465 e. The molecule has 1 heterocycles. The van der Waals surface area contributed by atoms with Crippen LogP contribution in [0.4, 0.5) is 9.59 Å². The number of aliphatic hydroxyl groups is 1. The standard InChI is InChI=1S/C14H18N2O5/c17-12-8-16(14(19)20)7-11(12)6-15-13(18)21-9-10-4-2-1-3-5-10/h1-5,11-12,17H,6-9H2,(H,15,18)(H,19,20)/t11-,12+/m0/s1. The maximum atomic E-state index is 11.6. The predicted molar refractivity (Wildman–Crippen MR) is 73.7 cm³/mol. The second-order valence-electron chi connectivity index (χ2n) is 4.96. The number of amides is 2. The molecule has 1 aliphatic heterocycles. The second-order valence-corrected chi connectivity index (χ2v) is 4.96. The number of aliphatic hydroxyl groups excluding tert-OH is 1. The van der Waals surface area contributed by atoms with Gasteiger partial charge in [-0.2, -0.15) is 0 Å². The Bertz CT molecular complexity index is 493. The van der Waals surface area contributed by atoms with Crippen molar-refractivity contribution in [3.05, 3.63) is 35.9 Å². The molecule has 3 N–H and O–H groups in total. The Labute approximate surface area is 122 Å². The summed E-state index contributed by atoms with van der Waals surface area (Å²) < 4.78 is 5.04. The summed E-state index contributed by atoms with van der Waals surface area (Å²) in [5.74, 6) is -0.314. The van der Waals surface area contributed by atoms with E-state index < -0.39 is 18.3 Å². The first kappa shape index (κ1) is 15.1. The van der Waals surface area contributed by atoms with Gasteiger partial charge in [0.1, 0.15) is 6.61 Å². The van der Waals surface area contributed by atoms with Gasteiger partial charge in [-0.3, -0.25) is 0 Å². The van der Waals surface area contributed by atoms with Crippen molar-refractivity contribution in [1.29, 1.82) is 0 Å². The molecule has 1 fully saturated rings. The number of carboxylic acid groups (broad SMARTS) is 1. The van der Waals surface area contributed by atoms with E-state index in [4.69, 9.17) is 9.84 Å². The van der Waals surface area contributed by atoms with Crippen LogP contribution < -0.4 is 5.32 Å². The molecule has 0 aromatic heterocycles. The lowest BCUT2D eigenvalue weighted by molar-refractivity contribution is 0.122. The molecule has 0 aliphatic carbocycles. The summed E-state index contributed by atoms with van der Waals surface area (Å²) in [5, 5.41) is 21.1. The lowest BCUT2D eigenvalue weighted by Gasteiger charge is -2.14. The van der Waals surface area contributed by atoms with Gasteiger partial charge in [0.05, 0.1) is 12.6 Å². The number of benzene rings is 1. The Hall–Kier alpha value is -2.28. The molecule has 2 rings (SSSR count). The maximum Gasteiger partial charge on any atom is 0.407 e. The SMILES string of the molecule is O=C(NC[C@H]1CN(C(=O)O)C[C@H]1O)OCc1ccccc1. The Kier molecular flexibility index (Phi) is 4.99. The zero-order valence-electron chi connectivity index (χ0n) is 11.4. The topological polar surface area (TPSA) is 99.1 Å². The highest BCUT2D eigenvalue weighted by molar-refractivity contribution is 5.67. The number of hydrogen-bond donors (Lipinski definition) is 3. The molecule has 0 bridgehead atoms. The number of hydrogen-bond acceptors (Lipinski definition) is 4. The van der Waals surface area contributed by atoms with Crippen LogP contribution >= 0.6 is 0 Å². The van der Waals surface area contributed by atoms with E-state index in [9.17, 15) is 14.7 Å². The van der Waals surface area contributed by atoms with E-state index in [1.54, 1.807) is 0 Å². The third kappa shape index (κ3) is 4.35. The summed E-state index contributed by atoms with van der Waals surface area (Å²) >= 11 is 0. The minimum Gasteiger partial charge on any atom is -0.465 e. The Morgan fingerprint density at radius 2 is 2.00 bits per heavy atom. The zero-order valence-corrected chi connectivity index (χ0v) is 11.4. The summed E-state index contributed by atoms with van der Waals surface area (Å²) in [6, 6.07) is 9.27. The van der Waals surface area contributed by atoms with Crippen molar-refractivity contribution < 1.29 is 24.5 Å². The number of ether oxygens (including phenoxy) is 1. The average Bonchev–Trinajstić information content (AvgIpc) is 2.85. The fraction of sp³-hybridized carbons (Fsp3) is 0.429. The molecule has 7 heteroatoms. The van der Waals surface area contributed by atoms with E-state index in [1.165, 1.54) is 0 Å². The molecule has 0 spiro atoms. The molecule has 2 atom stereocenters. The molecule has 1 aromatic carbocycles. The molecule has 7 nitrogen and oxygen atoms in total. The third-order valence-corrected chi connectivity index (χ3v) is 3.40. The monoisotopic (exact) mass is 294 g/mol. The number of carbonyl (C=O) groups excluding carboxylic acids is 1. The van der Waals surface area contributed by atoms with Crippen LogP contribution in [0, 0.1) is 5.92 Å². The average molecular weight is 294 g/mol. The van der Waals surface area contributed by atoms with Crippen LogP contribution in [-0.4, -0.2) is 53.0 Å². The molecule has 0 radical (unpaired) electrons. The first-order chi connectivity index (χ1) is 10.1. The molecule has 0 saturated carbocycles. The van der Waals surface area contributed by atoms with Crippen molar-refractivity contribution >= 4 is 12.2 Å². The number of nitrogens with zero attached hydrogens (tertiary/aromatic N) is 1. The van der Waals surface area contributed by atoms with Gasteiger partial charge in [-0.05, 0) is 5.56 Å². The Morgan fingerprint density at radius 3 is 2.62 bits per heavy atom. The van der Waals surface area contributed by atoms with Crippen LogP contribution in [0.3, 0.4) is 0 Å². The van der Waals surface area contributed by atoms with E-state index in [-0.39, 0.29) is 32.2 Å². The van der Waals surface area contributed by atoms with Gasteiger partial charge in [-0.1, -0.05) is 30.3 Å². The highest BCUT2D eigenvalue weighted by Gasteiger charge is 2.34. The van der Waals surface area contributed by atoms with Gasteiger partial charge in [-0.25, -0.2) is 9.59 Å². The molecule has 1 aromatic rings. The smallest absolute Gasteiger partial charge is 0.407 e. The zero-order chi connectivity index (χ0) is 15.2. The van der Waals surface area contributed by atoms with Gasteiger partial charge < -0.3 is 25.2 Å². The van der Waals surface area contributed by atoms with E-state index in [1.807, 2.05) is 30.3 Å². The molecule has 1 saturated heterocycles. The summed E-state index contributed by atoms with van der Waals surface area (Å²) in [6.45, 7) is 0.621. The highest BCUT2D eigenvalue weighted by Crippen LogP contribution is 2.16. The number of rotatable bonds is 4. The number of nitrogens with one attached hydrogen (secondary N) is 1. The molecule has 0 unspecified atom stereocenters. The van der Waals surface area contributed by atoms with Gasteiger partial charge in [0.25, 0.3) is 0 Å². The summed E-state index contributed by atoms with van der Waals surface area (Å²) in [7, 11) is 0. The normalized spacial score (nSPS) is 21.1. The van der Waals surface area contributed by atoms with Crippen LogP contribution in [-0.2, 0) is 11.3 Å². The highest BCUT2D eigenvalue weighted by atomic mass is 16.5. The van der Waals surface area contributed by atoms with Gasteiger partial charge in [0, 0.05) is 19.0 Å². The van der Waals surface area contributed by atoms with E-state index in [0.717, 1.165) is 10.5 Å². The number of β-amino-alcohol motifs (C(OH)–C–C–N with tert-alkyl or cyclic N) is 1. The fourth-order valence-electron chi connectivity index (χ4n) is 2.20. The minimum atomic E-state index is -1.07. The van der Waals surface area contributed by atoms with Crippen LogP contribution in [0.1, 0.15) is 5.56 Å². The van der Waals surface area contributed by atoms with E-state index >= 15 is 0 Å². The summed E-state index contributed by atoms with van der Waals surface area (Å²) in [5.41, 5.74) is 0.880. The van der Waals surface area contributed by atoms with Crippen LogP contribution in [0.15, 0.2) is 30.3 Å². The summed E-state index contributed by atoms with van der Waals surface area (Å²) in [4.78, 5) is 23.5. The van der Waals surface area contributed by atoms with Gasteiger partial charge >= 0.3 is 12.2 Å². The first-order valence-electron chi connectivity index (χ1n) is 6.66. The molecule has 21 heavy (non-hydrogen) atoms. The molecular formula is C14H18N2O5. The van der Waals surface area contributed by atoms with Crippen molar-refractivity contribution in [3.63, 3.8) is 0 Å². The van der Waals surface area contributed by atoms with Crippen molar-refractivity contribution in [1.82, 2.24) is 10.2 Å². The lowest BCUT2D eigenvalue weighted by atomic mass is 10.1. The number of alkyl carbamates (subject to hydrolysis) is 1. The van der Waals surface area contributed by atoms with Gasteiger partial charge in [-0.15, -0.1) is 0 Å². The number of likely N-dealkylation sites (tertiary alicyclic amines) is 1. The van der Waals surface area contributed by atoms with Gasteiger partial charge in [0.15, 0.2) is 0 Å². The predicted octanol–water partition coefficient (Wildman–Crippen LogP) is 0.883. The summed E-state index contributed by atoms with van der Waals surface area (Å²) in [6.07, 6.45) is -2.42. The Balaban J connectivity index is 1.71. The van der Waals surface area contributed by atoms with Crippen molar-refractivity contribution in [2.24, 2.45) is 5.92 Å². The van der Waals surface area contributed by atoms with Crippen LogP contribution in [0.25, 0.3) is 0 Å². The first-order valence-corrected chi connectivity index (χ1v) is 6.66. The lowest BCUT2D eigenvalue weighted by Crippen LogP contribution is -2.34. The quantitative estimate of drug-likeness (QED) is 0.765. The third-order valence-electron chi connectivity index (χ3n) is 3.40. The molecular weight excluding hydrogens is 276 g/mol. The van der Waals surface area contributed by atoms with Crippen LogP contribution in [0.2, 0.25) is 0 Å². The van der Waals surface area contributed by atoms with E-state index in [2.05, 4.69) is 5.32 Å². The number of carbonyl (C=O) groups is 2. The maximum absolute atomic E-state index is 11.6. The Morgan fingerprint density at radius 1 is 1.29 bits per heavy atom. The molecule has 114 valence electrons. The van der Waals surface area contributed by atoms with Crippen molar-refractivity contribution in [2.75, 3.05) is 19.6 Å². The van der Waals surface area contributed by atoms with Gasteiger partial charge in [0.2, 0.25) is 0 Å².